The molecule has 1 heterocycles. The van der Waals surface area contributed by atoms with Crippen molar-refractivity contribution in [2.75, 3.05) is 17.3 Å². The van der Waals surface area contributed by atoms with Crippen LogP contribution in [0.15, 0.2) is 40.6 Å². The molecule has 1 aromatic carbocycles. The van der Waals surface area contributed by atoms with Crippen molar-refractivity contribution in [3.63, 3.8) is 0 Å². The number of hydrogen-bond acceptors (Lipinski definition) is 5. The van der Waals surface area contributed by atoms with Crippen molar-refractivity contribution in [1.82, 2.24) is 0 Å². The molecular formula is C12H14N2O2S2. The SMILES string of the molecule is CS(=O)(=O)c1cccc(NCc2sccc2N)c1. The second kappa shape index (κ2) is 4.99. The Hall–Kier alpha value is -1.53. The fourth-order valence-corrected chi connectivity index (χ4v) is 2.92. The van der Waals surface area contributed by atoms with Gasteiger partial charge in [-0.1, -0.05) is 6.07 Å². The summed E-state index contributed by atoms with van der Waals surface area (Å²) in [6.45, 7) is 0.594. The van der Waals surface area contributed by atoms with Crippen LogP contribution in [0.4, 0.5) is 11.4 Å². The summed E-state index contributed by atoms with van der Waals surface area (Å²) in [7, 11) is -3.17. The molecular weight excluding hydrogens is 268 g/mol. The summed E-state index contributed by atoms with van der Waals surface area (Å²) in [5.41, 5.74) is 7.30. The second-order valence-electron chi connectivity index (χ2n) is 3.95. The predicted molar refractivity (Wildman–Crippen MR) is 75.6 cm³/mol. The van der Waals surface area contributed by atoms with Gasteiger partial charge in [-0.3, -0.25) is 0 Å². The van der Waals surface area contributed by atoms with Gasteiger partial charge in [-0.25, -0.2) is 8.42 Å². The molecule has 96 valence electrons. The van der Waals surface area contributed by atoms with Crippen LogP contribution >= 0.6 is 11.3 Å². The molecule has 4 nitrogen and oxygen atoms in total. The highest BCUT2D eigenvalue weighted by Gasteiger charge is 2.07. The van der Waals surface area contributed by atoms with E-state index in [1.54, 1.807) is 29.5 Å². The number of sulfone groups is 1. The average Bonchev–Trinajstić information content (AvgIpc) is 2.72. The van der Waals surface area contributed by atoms with Gasteiger partial charge in [-0.2, -0.15) is 0 Å². The largest absolute Gasteiger partial charge is 0.398 e. The third-order valence-electron chi connectivity index (χ3n) is 2.50. The maximum Gasteiger partial charge on any atom is 0.175 e. The third-order valence-corrected chi connectivity index (χ3v) is 4.54. The number of anilines is 2. The van der Waals surface area contributed by atoms with Gasteiger partial charge in [0.05, 0.1) is 11.4 Å². The van der Waals surface area contributed by atoms with E-state index in [1.165, 1.54) is 6.26 Å². The van der Waals surface area contributed by atoms with Crippen LogP contribution in [-0.2, 0) is 16.4 Å². The Kier molecular flexibility index (Phi) is 3.58. The molecule has 0 spiro atoms. The molecule has 0 saturated carbocycles. The highest BCUT2D eigenvalue weighted by molar-refractivity contribution is 7.90. The van der Waals surface area contributed by atoms with Crippen LogP contribution in [0.2, 0.25) is 0 Å². The monoisotopic (exact) mass is 282 g/mol. The molecule has 2 aromatic rings. The number of nitrogens with one attached hydrogen (secondary N) is 1. The van der Waals surface area contributed by atoms with Crippen molar-refractivity contribution >= 4 is 32.5 Å². The lowest BCUT2D eigenvalue weighted by atomic mass is 10.3. The Morgan fingerprint density at radius 1 is 1.33 bits per heavy atom. The first kappa shape index (κ1) is 12.9. The Balaban J connectivity index is 2.13. The Morgan fingerprint density at radius 2 is 2.11 bits per heavy atom. The molecule has 1 aromatic heterocycles. The number of nitrogen functional groups attached to an aromatic ring is 1. The first-order chi connectivity index (χ1) is 8.47. The number of hydrogen-bond donors (Lipinski definition) is 2. The minimum atomic E-state index is -3.17. The van der Waals surface area contributed by atoms with Crippen LogP contribution in [0.5, 0.6) is 0 Å². The maximum atomic E-state index is 11.4. The maximum absolute atomic E-state index is 11.4. The van der Waals surface area contributed by atoms with Gasteiger partial charge in [-0.15, -0.1) is 11.3 Å². The minimum Gasteiger partial charge on any atom is -0.398 e. The summed E-state index contributed by atoms with van der Waals surface area (Å²) >= 11 is 1.57. The highest BCUT2D eigenvalue weighted by Crippen LogP contribution is 2.21. The van der Waals surface area contributed by atoms with Crippen molar-refractivity contribution in [3.05, 3.63) is 40.6 Å². The van der Waals surface area contributed by atoms with Crippen LogP contribution in [0.25, 0.3) is 0 Å². The fraction of sp³-hybridized carbons (Fsp3) is 0.167. The van der Waals surface area contributed by atoms with Crippen LogP contribution in [0, 0.1) is 0 Å². The molecule has 3 N–H and O–H groups in total. The highest BCUT2D eigenvalue weighted by atomic mass is 32.2. The molecule has 6 heteroatoms. The quantitative estimate of drug-likeness (QED) is 0.903. The molecule has 0 fully saturated rings. The zero-order chi connectivity index (χ0) is 13.2. The molecule has 0 bridgehead atoms. The van der Waals surface area contributed by atoms with Crippen LogP contribution in [-0.4, -0.2) is 14.7 Å². The molecule has 0 unspecified atom stereocenters. The zero-order valence-corrected chi connectivity index (χ0v) is 11.5. The van der Waals surface area contributed by atoms with E-state index in [4.69, 9.17) is 5.73 Å². The smallest absolute Gasteiger partial charge is 0.175 e. The molecule has 0 aliphatic rings. The van der Waals surface area contributed by atoms with Gasteiger partial charge in [0.15, 0.2) is 9.84 Å². The van der Waals surface area contributed by atoms with E-state index in [-0.39, 0.29) is 0 Å². The third kappa shape index (κ3) is 3.02. The van der Waals surface area contributed by atoms with E-state index in [0.29, 0.717) is 11.4 Å². The van der Waals surface area contributed by atoms with Crippen molar-refractivity contribution in [1.29, 1.82) is 0 Å². The van der Waals surface area contributed by atoms with Crippen LogP contribution in [0.3, 0.4) is 0 Å². The lowest BCUT2D eigenvalue weighted by Crippen LogP contribution is -2.02. The second-order valence-corrected chi connectivity index (χ2v) is 6.97. The molecule has 2 rings (SSSR count). The lowest BCUT2D eigenvalue weighted by molar-refractivity contribution is 0.602. The fourth-order valence-electron chi connectivity index (χ4n) is 1.51. The molecule has 0 atom stereocenters. The standard InChI is InChI=1S/C12H14N2O2S2/c1-18(15,16)10-4-2-3-9(7-10)14-8-12-11(13)5-6-17-12/h2-7,14H,8,13H2,1H3. The van der Waals surface area contributed by atoms with Gasteiger partial charge in [-0.05, 0) is 29.6 Å². The molecule has 0 amide bonds. The summed E-state index contributed by atoms with van der Waals surface area (Å²) in [4.78, 5) is 1.35. The van der Waals surface area contributed by atoms with Crippen LogP contribution < -0.4 is 11.1 Å². The van der Waals surface area contributed by atoms with Gasteiger partial charge in [0.2, 0.25) is 0 Å². The normalized spacial score (nSPS) is 11.4. The van der Waals surface area contributed by atoms with E-state index in [1.807, 2.05) is 17.5 Å². The van der Waals surface area contributed by atoms with Crippen LogP contribution in [0.1, 0.15) is 4.88 Å². The van der Waals surface area contributed by atoms with Gasteiger partial charge in [0.25, 0.3) is 0 Å². The van der Waals surface area contributed by atoms with E-state index in [2.05, 4.69) is 5.32 Å². The number of benzene rings is 1. The number of thiophene rings is 1. The van der Waals surface area contributed by atoms with Crippen molar-refractivity contribution in [2.24, 2.45) is 0 Å². The molecule has 0 aliphatic carbocycles. The summed E-state index contributed by atoms with van der Waals surface area (Å²) in [5.74, 6) is 0. The van der Waals surface area contributed by atoms with E-state index in [0.717, 1.165) is 16.3 Å². The summed E-state index contributed by atoms with van der Waals surface area (Å²) < 4.78 is 22.9. The number of rotatable bonds is 4. The summed E-state index contributed by atoms with van der Waals surface area (Å²) in [5, 5.41) is 5.10. The first-order valence-electron chi connectivity index (χ1n) is 5.32. The van der Waals surface area contributed by atoms with Gasteiger partial charge < -0.3 is 11.1 Å². The molecule has 0 saturated heterocycles. The van der Waals surface area contributed by atoms with Gasteiger partial charge in [0, 0.05) is 22.5 Å². The summed E-state index contributed by atoms with van der Waals surface area (Å²) in [6, 6.07) is 8.61. The Morgan fingerprint density at radius 3 is 2.72 bits per heavy atom. The number of nitrogens with two attached hydrogens (primary N) is 1. The predicted octanol–water partition coefficient (Wildman–Crippen LogP) is 2.35. The van der Waals surface area contributed by atoms with E-state index >= 15 is 0 Å². The molecule has 18 heavy (non-hydrogen) atoms. The lowest BCUT2D eigenvalue weighted by Gasteiger charge is -2.07. The van der Waals surface area contributed by atoms with E-state index in [9.17, 15) is 8.42 Å². The topological polar surface area (TPSA) is 72.2 Å². The zero-order valence-electron chi connectivity index (χ0n) is 9.88. The minimum absolute atomic E-state index is 0.312. The molecule has 0 aliphatic heterocycles. The molecule has 0 radical (unpaired) electrons. The van der Waals surface area contributed by atoms with Gasteiger partial charge in [0.1, 0.15) is 0 Å². The van der Waals surface area contributed by atoms with Crippen molar-refractivity contribution in [3.8, 4) is 0 Å². The summed E-state index contributed by atoms with van der Waals surface area (Å²) in [6.07, 6.45) is 1.20. The first-order valence-corrected chi connectivity index (χ1v) is 8.10. The van der Waals surface area contributed by atoms with E-state index < -0.39 is 9.84 Å². The van der Waals surface area contributed by atoms with Crippen molar-refractivity contribution in [2.45, 2.75) is 11.4 Å². The van der Waals surface area contributed by atoms with Gasteiger partial charge >= 0.3 is 0 Å². The average molecular weight is 282 g/mol. The Bertz CT molecular complexity index is 648. The van der Waals surface area contributed by atoms with Crippen molar-refractivity contribution < 1.29 is 8.42 Å². The Labute approximate surface area is 110 Å².